The minimum atomic E-state index is -2.91. The molecule has 24 heavy (non-hydrogen) atoms. The summed E-state index contributed by atoms with van der Waals surface area (Å²) in [7, 11) is 0. The first kappa shape index (κ1) is 17.1. The van der Waals surface area contributed by atoms with Crippen LogP contribution in [-0.4, -0.2) is 17.4 Å². The Kier molecular flexibility index (Phi) is 5.56. The molecule has 0 radical (unpaired) electrons. The van der Waals surface area contributed by atoms with E-state index in [2.05, 4.69) is 10.1 Å². The van der Waals surface area contributed by atoms with Crippen LogP contribution in [-0.2, 0) is 4.79 Å². The number of halogens is 2. The van der Waals surface area contributed by atoms with E-state index in [1.165, 1.54) is 54.6 Å². The van der Waals surface area contributed by atoms with Crippen LogP contribution in [0.4, 0.5) is 20.2 Å². The van der Waals surface area contributed by atoms with Crippen LogP contribution < -0.4 is 10.1 Å². The average Bonchev–Trinajstić information content (AvgIpc) is 2.54. The quantitative estimate of drug-likeness (QED) is 0.494. The lowest BCUT2D eigenvalue weighted by molar-refractivity contribution is -0.384. The van der Waals surface area contributed by atoms with Gasteiger partial charge in [-0.05, 0) is 35.9 Å². The molecule has 0 aromatic heterocycles. The summed E-state index contributed by atoms with van der Waals surface area (Å²) in [5, 5.41) is 13.2. The summed E-state index contributed by atoms with van der Waals surface area (Å²) < 4.78 is 28.3. The Balaban J connectivity index is 1.97. The molecule has 1 amide bonds. The number of benzene rings is 2. The van der Waals surface area contributed by atoms with E-state index in [9.17, 15) is 23.7 Å². The molecule has 8 heteroatoms. The van der Waals surface area contributed by atoms with Crippen LogP contribution in [0.3, 0.4) is 0 Å². The molecule has 0 atom stereocenters. The Bertz CT molecular complexity index is 761. The lowest BCUT2D eigenvalue weighted by atomic mass is 10.2. The standard InChI is InChI=1S/C16H12F2N2O4/c17-16(18)24-14-7-5-12(6-8-14)19-15(21)9-4-11-2-1-3-13(10-11)20(22)23/h1-10,16H,(H,19,21)/b9-4+. The van der Waals surface area contributed by atoms with Crippen molar-refractivity contribution in [1.82, 2.24) is 0 Å². The minimum Gasteiger partial charge on any atom is -0.435 e. The molecule has 0 bridgehead atoms. The predicted octanol–water partition coefficient (Wildman–Crippen LogP) is 3.85. The first-order chi connectivity index (χ1) is 11.4. The molecule has 124 valence electrons. The number of hydrogen-bond donors (Lipinski definition) is 1. The molecule has 2 aromatic rings. The highest BCUT2D eigenvalue weighted by molar-refractivity contribution is 6.01. The molecular formula is C16H12F2N2O4. The third-order valence-electron chi connectivity index (χ3n) is 2.86. The fourth-order valence-corrected chi connectivity index (χ4v) is 1.82. The fraction of sp³-hybridized carbons (Fsp3) is 0.0625. The van der Waals surface area contributed by atoms with Crippen LogP contribution in [0.15, 0.2) is 54.6 Å². The molecule has 0 spiro atoms. The molecule has 0 aliphatic heterocycles. The van der Waals surface area contributed by atoms with Crippen molar-refractivity contribution in [3.05, 3.63) is 70.3 Å². The number of nitrogens with one attached hydrogen (secondary N) is 1. The first-order valence-electron chi connectivity index (χ1n) is 6.72. The van der Waals surface area contributed by atoms with Crippen molar-refractivity contribution in [1.29, 1.82) is 0 Å². The number of anilines is 1. The Hall–Kier alpha value is -3.29. The van der Waals surface area contributed by atoms with Crippen LogP contribution in [0.5, 0.6) is 5.75 Å². The van der Waals surface area contributed by atoms with Crippen LogP contribution in [0.1, 0.15) is 5.56 Å². The van der Waals surface area contributed by atoms with E-state index in [1.807, 2.05) is 0 Å². The second kappa shape index (κ2) is 7.82. The van der Waals surface area contributed by atoms with Crippen LogP contribution in [0.25, 0.3) is 6.08 Å². The van der Waals surface area contributed by atoms with E-state index in [-0.39, 0.29) is 11.4 Å². The van der Waals surface area contributed by atoms with Crippen molar-refractivity contribution in [3.8, 4) is 5.75 Å². The largest absolute Gasteiger partial charge is 0.435 e. The van der Waals surface area contributed by atoms with Gasteiger partial charge in [-0.25, -0.2) is 0 Å². The number of alkyl halides is 2. The second-order valence-corrected chi connectivity index (χ2v) is 4.58. The SMILES string of the molecule is O=C(/C=C/c1cccc([N+](=O)[O-])c1)Nc1ccc(OC(F)F)cc1. The van der Waals surface area contributed by atoms with E-state index >= 15 is 0 Å². The minimum absolute atomic E-state index is 0.0184. The van der Waals surface area contributed by atoms with Crippen molar-refractivity contribution in [2.75, 3.05) is 5.32 Å². The van der Waals surface area contributed by atoms with Gasteiger partial charge < -0.3 is 10.1 Å². The summed E-state index contributed by atoms with van der Waals surface area (Å²) in [5.41, 5.74) is 0.817. The Morgan fingerprint density at radius 2 is 1.92 bits per heavy atom. The fourth-order valence-electron chi connectivity index (χ4n) is 1.82. The van der Waals surface area contributed by atoms with Gasteiger partial charge in [0, 0.05) is 23.9 Å². The van der Waals surface area contributed by atoms with E-state index in [0.717, 1.165) is 0 Å². The summed E-state index contributed by atoms with van der Waals surface area (Å²) in [6.45, 7) is -2.91. The van der Waals surface area contributed by atoms with Gasteiger partial charge in [0.2, 0.25) is 5.91 Å². The number of hydrogen-bond acceptors (Lipinski definition) is 4. The summed E-state index contributed by atoms with van der Waals surface area (Å²) in [6.07, 6.45) is 2.64. The number of ether oxygens (including phenoxy) is 1. The molecule has 0 fully saturated rings. The number of carbonyl (C=O) groups excluding carboxylic acids is 1. The number of nitro benzene ring substituents is 1. The van der Waals surface area contributed by atoms with Gasteiger partial charge in [-0.3, -0.25) is 14.9 Å². The highest BCUT2D eigenvalue weighted by atomic mass is 19.3. The van der Waals surface area contributed by atoms with Crippen LogP contribution in [0.2, 0.25) is 0 Å². The summed E-state index contributed by atoms with van der Waals surface area (Å²) in [4.78, 5) is 21.9. The van der Waals surface area contributed by atoms with Gasteiger partial charge in [0.1, 0.15) is 5.75 Å². The molecular weight excluding hydrogens is 322 g/mol. The van der Waals surface area contributed by atoms with Crippen LogP contribution >= 0.6 is 0 Å². The summed E-state index contributed by atoms with van der Waals surface area (Å²) >= 11 is 0. The molecule has 6 nitrogen and oxygen atoms in total. The maximum atomic E-state index is 12.0. The smallest absolute Gasteiger partial charge is 0.387 e. The van der Waals surface area contributed by atoms with E-state index in [4.69, 9.17) is 0 Å². The van der Waals surface area contributed by atoms with Crippen molar-refractivity contribution in [3.63, 3.8) is 0 Å². The van der Waals surface area contributed by atoms with Gasteiger partial charge in [-0.1, -0.05) is 12.1 Å². The number of nitro groups is 1. The zero-order valence-corrected chi connectivity index (χ0v) is 12.2. The maximum Gasteiger partial charge on any atom is 0.387 e. The van der Waals surface area contributed by atoms with Crippen LogP contribution in [0, 0.1) is 10.1 Å². The number of rotatable bonds is 6. The Morgan fingerprint density at radius 3 is 2.54 bits per heavy atom. The van der Waals surface area contributed by atoms with E-state index < -0.39 is 17.4 Å². The third kappa shape index (κ3) is 5.16. The van der Waals surface area contributed by atoms with Crippen molar-refractivity contribution in [2.45, 2.75) is 6.61 Å². The number of amides is 1. The van der Waals surface area contributed by atoms with Gasteiger partial charge >= 0.3 is 6.61 Å². The van der Waals surface area contributed by atoms with Gasteiger partial charge in [0.05, 0.1) is 4.92 Å². The second-order valence-electron chi connectivity index (χ2n) is 4.58. The predicted molar refractivity (Wildman–Crippen MR) is 83.8 cm³/mol. The molecule has 1 N–H and O–H groups in total. The topological polar surface area (TPSA) is 81.5 Å². The summed E-state index contributed by atoms with van der Waals surface area (Å²) in [5.74, 6) is -0.487. The Morgan fingerprint density at radius 1 is 1.21 bits per heavy atom. The molecule has 0 aliphatic rings. The first-order valence-corrected chi connectivity index (χ1v) is 6.72. The molecule has 2 rings (SSSR count). The van der Waals surface area contributed by atoms with Gasteiger partial charge in [0.15, 0.2) is 0 Å². The van der Waals surface area contributed by atoms with E-state index in [0.29, 0.717) is 11.3 Å². The highest BCUT2D eigenvalue weighted by Crippen LogP contribution is 2.18. The molecule has 0 saturated heterocycles. The monoisotopic (exact) mass is 334 g/mol. The van der Waals surface area contributed by atoms with Gasteiger partial charge in [-0.15, -0.1) is 0 Å². The zero-order valence-electron chi connectivity index (χ0n) is 12.2. The maximum absolute atomic E-state index is 12.0. The summed E-state index contributed by atoms with van der Waals surface area (Å²) in [6, 6.07) is 11.2. The molecule has 0 heterocycles. The molecule has 0 aliphatic carbocycles. The lowest BCUT2D eigenvalue weighted by Crippen LogP contribution is -2.08. The lowest BCUT2D eigenvalue weighted by Gasteiger charge is -2.06. The number of non-ortho nitro benzene ring substituents is 1. The molecule has 2 aromatic carbocycles. The average molecular weight is 334 g/mol. The zero-order chi connectivity index (χ0) is 17.5. The van der Waals surface area contributed by atoms with Crippen molar-refractivity contribution >= 4 is 23.4 Å². The van der Waals surface area contributed by atoms with Crippen molar-refractivity contribution in [2.24, 2.45) is 0 Å². The highest BCUT2D eigenvalue weighted by Gasteiger charge is 2.05. The Labute approximate surface area is 135 Å². The van der Waals surface area contributed by atoms with Gasteiger partial charge in [-0.2, -0.15) is 8.78 Å². The van der Waals surface area contributed by atoms with E-state index in [1.54, 1.807) is 6.07 Å². The number of nitrogens with zero attached hydrogens (tertiary/aromatic N) is 1. The third-order valence-corrected chi connectivity index (χ3v) is 2.86. The van der Waals surface area contributed by atoms with Crippen molar-refractivity contribution < 1.29 is 23.2 Å². The molecule has 0 unspecified atom stereocenters. The van der Waals surface area contributed by atoms with Gasteiger partial charge in [0.25, 0.3) is 5.69 Å². The molecule has 0 saturated carbocycles. The number of carbonyl (C=O) groups is 1. The normalized spacial score (nSPS) is 10.8.